The predicted molar refractivity (Wildman–Crippen MR) is 58.1 cm³/mol. The van der Waals surface area contributed by atoms with Crippen molar-refractivity contribution in [3.8, 4) is 12.3 Å². The minimum Gasteiger partial charge on any atom is -0.271 e. The summed E-state index contributed by atoms with van der Waals surface area (Å²) >= 11 is 0. The van der Waals surface area contributed by atoms with Crippen LogP contribution in [0.15, 0.2) is 0 Å². The van der Waals surface area contributed by atoms with Gasteiger partial charge in [0.15, 0.2) is 0 Å². The Kier molecular flexibility index (Phi) is 3.10. The van der Waals surface area contributed by atoms with Gasteiger partial charge in [0.05, 0.1) is 0 Å². The summed E-state index contributed by atoms with van der Waals surface area (Å²) in [5, 5.41) is 0. The lowest BCUT2D eigenvalue weighted by Gasteiger charge is -2.25. The minimum absolute atomic E-state index is 0.337. The van der Waals surface area contributed by atoms with Crippen molar-refractivity contribution in [1.82, 2.24) is 5.43 Å². The average molecular weight is 192 g/mol. The number of hydrogen-bond donors (Lipinski definition) is 2. The van der Waals surface area contributed by atoms with Crippen LogP contribution in [0, 0.1) is 30.1 Å². The Bertz CT molecular complexity index is 231. The van der Waals surface area contributed by atoms with Crippen LogP contribution in [-0.4, -0.2) is 6.04 Å². The molecule has 0 radical (unpaired) electrons. The van der Waals surface area contributed by atoms with Gasteiger partial charge in [-0.3, -0.25) is 11.3 Å². The van der Waals surface area contributed by atoms with Gasteiger partial charge in [-0.25, -0.2) is 0 Å². The third kappa shape index (κ3) is 1.94. The Morgan fingerprint density at radius 3 is 2.79 bits per heavy atom. The third-order valence-electron chi connectivity index (χ3n) is 4.07. The topological polar surface area (TPSA) is 38.0 Å². The van der Waals surface area contributed by atoms with Crippen molar-refractivity contribution in [3.63, 3.8) is 0 Å². The molecule has 2 aliphatic rings. The highest BCUT2D eigenvalue weighted by atomic mass is 15.2. The third-order valence-corrected chi connectivity index (χ3v) is 4.07. The highest BCUT2D eigenvalue weighted by Gasteiger charge is 2.39. The first-order valence-corrected chi connectivity index (χ1v) is 5.73. The van der Waals surface area contributed by atoms with Crippen molar-refractivity contribution in [1.29, 1.82) is 0 Å². The Morgan fingerprint density at radius 2 is 2.29 bits per heavy atom. The van der Waals surface area contributed by atoms with E-state index in [0.29, 0.717) is 6.04 Å². The fraction of sp³-hybridized carbons (Fsp3) is 0.833. The molecule has 4 unspecified atom stereocenters. The number of nitrogens with two attached hydrogens (primary N) is 1. The lowest BCUT2D eigenvalue weighted by atomic mass is 9.84. The van der Waals surface area contributed by atoms with Crippen molar-refractivity contribution in [2.45, 2.75) is 44.6 Å². The largest absolute Gasteiger partial charge is 0.271 e. The lowest BCUT2D eigenvalue weighted by molar-refractivity contribution is 0.280. The van der Waals surface area contributed by atoms with Crippen LogP contribution < -0.4 is 11.3 Å². The molecule has 0 aliphatic heterocycles. The molecular formula is C12H20N2. The van der Waals surface area contributed by atoms with E-state index in [1.54, 1.807) is 0 Å². The van der Waals surface area contributed by atoms with Gasteiger partial charge in [-0.15, -0.1) is 12.3 Å². The quantitative estimate of drug-likeness (QED) is 0.404. The maximum absolute atomic E-state index is 5.49. The van der Waals surface area contributed by atoms with E-state index in [0.717, 1.165) is 24.2 Å². The van der Waals surface area contributed by atoms with Gasteiger partial charge in [0.25, 0.3) is 0 Å². The monoisotopic (exact) mass is 192 g/mol. The van der Waals surface area contributed by atoms with Crippen molar-refractivity contribution >= 4 is 0 Å². The van der Waals surface area contributed by atoms with Crippen molar-refractivity contribution < 1.29 is 0 Å². The van der Waals surface area contributed by atoms with Gasteiger partial charge < -0.3 is 0 Å². The zero-order valence-corrected chi connectivity index (χ0v) is 8.71. The van der Waals surface area contributed by atoms with Gasteiger partial charge in [-0.05, 0) is 43.4 Å². The second kappa shape index (κ2) is 4.33. The molecule has 14 heavy (non-hydrogen) atoms. The summed E-state index contributed by atoms with van der Waals surface area (Å²) in [7, 11) is 0. The first kappa shape index (κ1) is 10.0. The van der Waals surface area contributed by atoms with Gasteiger partial charge in [0.1, 0.15) is 0 Å². The molecule has 2 rings (SSSR count). The summed E-state index contributed by atoms with van der Waals surface area (Å²) in [5.74, 6) is 11.1. The maximum Gasteiger partial charge on any atom is 0.0322 e. The molecule has 2 saturated carbocycles. The van der Waals surface area contributed by atoms with Crippen LogP contribution in [0.1, 0.15) is 38.5 Å². The smallest absolute Gasteiger partial charge is 0.0322 e. The number of rotatable bonds is 4. The molecule has 0 heterocycles. The standard InChI is InChI=1S/C12H20N2/c1-2-3-12(14-13)8-11-7-9-4-5-10(11)6-9/h1,9-12,14H,3-8,13H2. The second-order valence-electron chi connectivity index (χ2n) is 4.94. The molecule has 0 spiro atoms. The summed E-state index contributed by atoms with van der Waals surface area (Å²) in [4.78, 5) is 0. The van der Waals surface area contributed by atoms with Crippen molar-refractivity contribution in [2.24, 2.45) is 23.6 Å². The van der Waals surface area contributed by atoms with Crippen LogP contribution in [0.4, 0.5) is 0 Å². The first-order chi connectivity index (χ1) is 6.83. The minimum atomic E-state index is 0.337. The van der Waals surface area contributed by atoms with Gasteiger partial charge in [-0.1, -0.05) is 6.42 Å². The first-order valence-electron chi connectivity index (χ1n) is 5.73. The fourth-order valence-electron chi connectivity index (χ4n) is 3.38. The van der Waals surface area contributed by atoms with Gasteiger partial charge in [-0.2, -0.15) is 0 Å². The van der Waals surface area contributed by atoms with E-state index in [2.05, 4.69) is 11.3 Å². The molecule has 2 fully saturated rings. The second-order valence-corrected chi connectivity index (χ2v) is 4.94. The molecule has 0 aromatic heterocycles. The molecule has 2 heteroatoms. The van der Waals surface area contributed by atoms with Gasteiger partial charge in [0, 0.05) is 12.5 Å². The molecule has 0 aromatic rings. The summed E-state index contributed by atoms with van der Waals surface area (Å²) in [6.07, 6.45) is 13.1. The normalized spacial score (nSPS) is 37.0. The Balaban J connectivity index is 1.82. The summed E-state index contributed by atoms with van der Waals surface area (Å²) in [5.41, 5.74) is 2.85. The summed E-state index contributed by atoms with van der Waals surface area (Å²) < 4.78 is 0. The van der Waals surface area contributed by atoms with E-state index in [1.165, 1.54) is 32.1 Å². The molecule has 2 bridgehead atoms. The highest BCUT2D eigenvalue weighted by molar-refractivity contribution is 4.95. The number of nitrogens with one attached hydrogen (secondary N) is 1. The van der Waals surface area contributed by atoms with E-state index in [1.807, 2.05) is 0 Å². The number of terminal acetylenes is 1. The number of fused-ring (bicyclic) bond motifs is 2. The van der Waals surface area contributed by atoms with Crippen LogP contribution >= 0.6 is 0 Å². The molecule has 78 valence electrons. The Morgan fingerprint density at radius 1 is 1.43 bits per heavy atom. The Labute approximate surface area is 86.6 Å². The zero-order chi connectivity index (χ0) is 9.97. The molecule has 0 saturated heterocycles. The summed E-state index contributed by atoms with van der Waals surface area (Å²) in [6, 6.07) is 0.337. The van der Waals surface area contributed by atoms with Crippen LogP contribution in [0.2, 0.25) is 0 Å². The molecular weight excluding hydrogens is 172 g/mol. The zero-order valence-electron chi connectivity index (χ0n) is 8.71. The molecule has 0 aromatic carbocycles. The fourth-order valence-corrected chi connectivity index (χ4v) is 3.38. The SMILES string of the molecule is C#CCC(CC1CC2CCC1C2)NN. The predicted octanol–water partition coefficient (Wildman–Crippen LogP) is 1.67. The van der Waals surface area contributed by atoms with Crippen molar-refractivity contribution in [2.75, 3.05) is 0 Å². The van der Waals surface area contributed by atoms with Crippen LogP contribution in [0.3, 0.4) is 0 Å². The van der Waals surface area contributed by atoms with Crippen LogP contribution in [0.5, 0.6) is 0 Å². The molecule has 4 atom stereocenters. The van der Waals surface area contributed by atoms with E-state index in [4.69, 9.17) is 12.3 Å². The van der Waals surface area contributed by atoms with Crippen molar-refractivity contribution in [3.05, 3.63) is 0 Å². The van der Waals surface area contributed by atoms with Crippen LogP contribution in [0.25, 0.3) is 0 Å². The maximum atomic E-state index is 5.49. The number of hydrogen-bond acceptors (Lipinski definition) is 2. The lowest BCUT2D eigenvalue weighted by Crippen LogP contribution is -2.37. The number of hydrazine groups is 1. The molecule has 0 amide bonds. The molecule has 3 N–H and O–H groups in total. The van der Waals surface area contributed by atoms with E-state index >= 15 is 0 Å². The average Bonchev–Trinajstić information content (AvgIpc) is 2.78. The van der Waals surface area contributed by atoms with Gasteiger partial charge >= 0.3 is 0 Å². The molecule has 2 nitrogen and oxygen atoms in total. The van der Waals surface area contributed by atoms with Gasteiger partial charge in [0.2, 0.25) is 0 Å². The van der Waals surface area contributed by atoms with Crippen LogP contribution in [-0.2, 0) is 0 Å². The molecule has 2 aliphatic carbocycles. The summed E-state index contributed by atoms with van der Waals surface area (Å²) in [6.45, 7) is 0. The highest BCUT2D eigenvalue weighted by Crippen LogP contribution is 2.49. The Hall–Kier alpha value is -0.520. The van der Waals surface area contributed by atoms with E-state index in [9.17, 15) is 0 Å². The van der Waals surface area contributed by atoms with E-state index in [-0.39, 0.29) is 0 Å². The van der Waals surface area contributed by atoms with E-state index < -0.39 is 0 Å².